The van der Waals surface area contributed by atoms with E-state index >= 15 is 0 Å². The average Bonchev–Trinajstić information content (AvgIpc) is 3.44. The molecule has 2 aliphatic rings. The minimum absolute atomic E-state index is 0.0689. The smallest absolute Gasteiger partial charge is 0.224 e. The number of amides is 1. The summed E-state index contributed by atoms with van der Waals surface area (Å²) in [4.78, 5) is 19.4. The van der Waals surface area contributed by atoms with Crippen molar-refractivity contribution < 1.29 is 9.53 Å². The molecule has 2 aromatic carbocycles. The number of hydrogen-bond acceptors (Lipinski definition) is 4. The van der Waals surface area contributed by atoms with Crippen molar-refractivity contribution in [2.75, 3.05) is 32.1 Å². The van der Waals surface area contributed by atoms with E-state index in [4.69, 9.17) is 9.72 Å². The molecule has 5 rings (SSSR count). The van der Waals surface area contributed by atoms with Gasteiger partial charge in [0.25, 0.3) is 0 Å². The molecule has 3 atom stereocenters. The molecule has 1 aliphatic carbocycles. The standard InChI is InChI=1S/C30H40N4O2/c1-6-29(35)31-24-9-8-22-14-21(15-23(22)16-24)17-33-12-11-27(28(18-33)36-5)34-26-10-7-20(4)13-25(26)32-30(34)19(2)3/h7-10,13,16,19,21,27-28H,6,11-12,14-15,17-18H2,1-5H3,(H,31,35)/t21-,27-,28-/m1/s1. The molecule has 0 saturated carbocycles. The van der Waals surface area contributed by atoms with Gasteiger partial charge in [-0.05, 0) is 73.1 Å². The molecule has 192 valence electrons. The Morgan fingerprint density at radius 1 is 1.17 bits per heavy atom. The van der Waals surface area contributed by atoms with Crippen molar-refractivity contribution in [1.29, 1.82) is 0 Å². The Morgan fingerprint density at radius 2 is 1.97 bits per heavy atom. The van der Waals surface area contributed by atoms with Crippen LogP contribution >= 0.6 is 0 Å². The van der Waals surface area contributed by atoms with E-state index in [1.54, 1.807) is 0 Å². The van der Waals surface area contributed by atoms with Crippen molar-refractivity contribution in [2.45, 2.75) is 71.4 Å². The SMILES string of the molecule is CCC(=O)Nc1ccc2c(c1)C[C@H](CN1CC[C@@H](n3c(C(C)C)nc4cc(C)ccc43)[C@H](OC)C1)C2. The number of carbonyl (C=O) groups excluding carboxylic acids is 1. The minimum Gasteiger partial charge on any atom is -0.378 e. The highest BCUT2D eigenvalue weighted by molar-refractivity contribution is 5.90. The fourth-order valence-corrected chi connectivity index (χ4v) is 6.17. The van der Waals surface area contributed by atoms with Gasteiger partial charge in [-0.2, -0.15) is 0 Å². The van der Waals surface area contributed by atoms with Crippen LogP contribution in [0.3, 0.4) is 0 Å². The number of imidazole rings is 1. The number of anilines is 1. The highest BCUT2D eigenvalue weighted by atomic mass is 16.5. The summed E-state index contributed by atoms with van der Waals surface area (Å²) in [5, 5.41) is 3.00. The molecule has 0 unspecified atom stereocenters. The van der Waals surface area contributed by atoms with Crippen LogP contribution in [-0.4, -0.2) is 53.2 Å². The highest BCUT2D eigenvalue weighted by Gasteiger charge is 2.35. The second-order valence-electron chi connectivity index (χ2n) is 11.0. The lowest BCUT2D eigenvalue weighted by Gasteiger charge is -2.40. The first-order valence-corrected chi connectivity index (χ1v) is 13.5. The van der Waals surface area contributed by atoms with E-state index in [0.29, 0.717) is 24.3 Å². The van der Waals surface area contributed by atoms with Gasteiger partial charge in [0.15, 0.2) is 0 Å². The van der Waals surface area contributed by atoms with Crippen LogP contribution in [0.4, 0.5) is 5.69 Å². The van der Waals surface area contributed by atoms with Crippen molar-refractivity contribution in [2.24, 2.45) is 5.92 Å². The quantitative estimate of drug-likeness (QED) is 0.478. The number of rotatable bonds is 7. The number of ether oxygens (including phenoxy) is 1. The molecule has 1 aromatic heterocycles. The summed E-state index contributed by atoms with van der Waals surface area (Å²) in [6, 6.07) is 13.3. The first kappa shape index (κ1) is 25.0. The molecule has 0 bridgehead atoms. The van der Waals surface area contributed by atoms with Crippen LogP contribution in [0.25, 0.3) is 11.0 Å². The molecule has 1 aliphatic heterocycles. The lowest BCUT2D eigenvalue weighted by atomic mass is 9.97. The number of methoxy groups -OCH3 is 1. The van der Waals surface area contributed by atoms with Crippen LogP contribution in [0.15, 0.2) is 36.4 Å². The normalized spacial score (nSPS) is 22.3. The Balaban J connectivity index is 1.28. The zero-order valence-corrected chi connectivity index (χ0v) is 22.4. The maximum Gasteiger partial charge on any atom is 0.224 e. The Kier molecular flexibility index (Phi) is 7.18. The summed E-state index contributed by atoms with van der Waals surface area (Å²) < 4.78 is 8.60. The van der Waals surface area contributed by atoms with Crippen molar-refractivity contribution in [3.05, 3.63) is 58.9 Å². The van der Waals surface area contributed by atoms with Gasteiger partial charge in [0.05, 0.1) is 23.2 Å². The lowest BCUT2D eigenvalue weighted by molar-refractivity contribution is -0.115. The number of nitrogens with zero attached hydrogens (tertiary/aromatic N) is 3. The van der Waals surface area contributed by atoms with Crippen LogP contribution in [0.5, 0.6) is 0 Å². The predicted octanol–water partition coefficient (Wildman–Crippen LogP) is 5.49. The first-order valence-electron chi connectivity index (χ1n) is 13.5. The average molecular weight is 489 g/mol. The molecule has 3 aromatic rings. The number of nitrogens with one attached hydrogen (secondary N) is 1. The van der Waals surface area contributed by atoms with Gasteiger partial charge in [-0.1, -0.05) is 32.9 Å². The summed E-state index contributed by atoms with van der Waals surface area (Å²) in [6.07, 6.45) is 3.88. The van der Waals surface area contributed by atoms with Gasteiger partial charge in [0.1, 0.15) is 5.82 Å². The van der Waals surface area contributed by atoms with E-state index in [1.165, 1.54) is 22.2 Å². The largest absolute Gasteiger partial charge is 0.378 e. The van der Waals surface area contributed by atoms with E-state index in [9.17, 15) is 4.79 Å². The molecule has 1 N–H and O–H groups in total. The third-order valence-corrected chi connectivity index (χ3v) is 7.98. The Bertz CT molecular complexity index is 1250. The summed E-state index contributed by atoms with van der Waals surface area (Å²) in [6.45, 7) is 11.6. The summed E-state index contributed by atoms with van der Waals surface area (Å²) in [7, 11) is 1.86. The fourth-order valence-electron chi connectivity index (χ4n) is 6.17. The maximum atomic E-state index is 11.8. The number of likely N-dealkylation sites (tertiary alicyclic amines) is 1. The van der Waals surface area contributed by atoms with Crippen LogP contribution in [0.1, 0.15) is 68.1 Å². The second kappa shape index (κ2) is 10.3. The van der Waals surface area contributed by atoms with Gasteiger partial charge in [-0.3, -0.25) is 4.79 Å². The van der Waals surface area contributed by atoms with E-state index < -0.39 is 0 Å². The summed E-state index contributed by atoms with van der Waals surface area (Å²) in [5.41, 5.74) is 7.29. The van der Waals surface area contributed by atoms with Crippen molar-refractivity contribution >= 4 is 22.6 Å². The van der Waals surface area contributed by atoms with Crippen LogP contribution in [0, 0.1) is 12.8 Å². The van der Waals surface area contributed by atoms with Crippen molar-refractivity contribution in [3.8, 4) is 0 Å². The van der Waals surface area contributed by atoms with Gasteiger partial charge < -0.3 is 19.5 Å². The summed E-state index contributed by atoms with van der Waals surface area (Å²) >= 11 is 0. The van der Waals surface area contributed by atoms with Gasteiger partial charge in [0, 0.05) is 44.8 Å². The van der Waals surface area contributed by atoms with Crippen LogP contribution in [0.2, 0.25) is 0 Å². The number of aromatic nitrogens is 2. The Labute approximate surface area is 215 Å². The number of carbonyl (C=O) groups is 1. The van der Waals surface area contributed by atoms with E-state index in [1.807, 2.05) is 20.1 Å². The molecule has 36 heavy (non-hydrogen) atoms. The van der Waals surface area contributed by atoms with Gasteiger partial charge >= 0.3 is 0 Å². The Hall–Kier alpha value is -2.70. The van der Waals surface area contributed by atoms with E-state index in [0.717, 1.165) is 55.9 Å². The molecule has 6 nitrogen and oxygen atoms in total. The van der Waals surface area contributed by atoms with E-state index in [-0.39, 0.29) is 12.0 Å². The molecule has 2 heterocycles. The van der Waals surface area contributed by atoms with Gasteiger partial charge in [-0.25, -0.2) is 4.98 Å². The monoisotopic (exact) mass is 488 g/mol. The lowest BCUT2D eigenvalue weighted by Crippen LogP contribution is -2.47. The minimum atomic E-state index is 0.0689. The molecular formula is C30H40N4O2. The third-order valence-electron chi connectivity index (χ3n) is 7.98. The summed E-state index contributed by atoms with van der Waals surface area (Å²) in [5.74, 6) is 2.19. The number of aryl methyl sites for hydroxylation is 1. The number of fused-ring (bicyclic) bond motifs is 2. The molecule has 1 amide bonds. The molecule has 6 heteroatoms. The highest BCUT2D eigenvalue weighted by Crippen LogP contribution is 2.35. The predicted molar refractivity (Wildman–Crippen MR) is 146 cm³/mol. The van der Waals surface area contributed by atoms with Crippen molar-refractivity contribution in [1.82, 2.24) is 14.5 Å². The zero-order valence-electron chi connectivity index (χ0n) is 22.4. The van der Waals surface area contributed by atoms with Crippen molar-refractivity contribution in [3.63, 3.8) is 0 Å². The van der Waals surface area contributed by atoms with E-state index in [2.05, 4.69) is 65.9 Å². The molecule has 0 spiro atoms. The number of benzene rings is 2. The first-order chi connectivity index (χ1) is 17.4. The number of piperidine rings is 1. The maximum absolute atomic E-state index is 11.8. The third kappa shape index (κ3) is 4.94. The molecule has 1 fully saturated rings. The topological polar surface area (TPSA) is 59.4 Å². The Morgan fingerprint density at radius 3 is 2.72 bits per heavy atom. The van der Waals surface area contributed by atoms with Gasteiger partial charge in [-0.15, -0.1) is 0 Å². The fraction of sp³-hybridized carbons (Fsp3) is 0.533. The zero-order chi connectivity index (χ0) is 25.4. The number of hydrogen-bond donors (Lipinski definition) is 1. The van der Waals surface area contributed by atoms with Crippen LogP contribution < -0.4 is 5.32 Å². The second-order valence-corrected chi connectivity index (χ2v) is 11.0. The molecule has 0 radical (unpaired) electrons. The molecule has 1 saturated heterocycles. The van der Waals surface area contributed by atoms with Crippen LogP contribution in [-0.2, 0) is 22.4 Å². The molecular weight excluding hydrogens is 448 g/mol. The van der Waals surface area contributed by atoms with Gasteiger partial charge in [0.2, 0.25) is 5.91 Å².